The zero-order valence-electron chi connectivity index (χ0n) is 13.0. The van der Waals surface area contributed by atoms with Crippen LogP contribution in [0.1, 0.15) is 24.0 Å². The van der Waals surface area contributed by atoms with E-state index >= 15 is 0 Å². The maximum Gasteiger partial charge on any atom is 0.418 e. The molecule has 1 fully saturated rings. The average molecular weight is 335 g/mol. The summed E-state index contributed by atoms with van der Waals surface area (Å²) in [4.78, 5) is 12.6. The summed E-state index contributed by atoms with van der Waals surface area (Å²) in [6.07, 6.45) is -3.29. The van der Waals surface area contributed by atoms with Gasteiger partial charge < -0.3 is 10.1 Å². The topological polar surface area (TPSA) is 38.3 Å². The van der Waals surface area contributed by atoms with Gasteiger partial charge >= 0.3 is 6.18 Å². The Kier molecular flexibility index (Phi) is 3.99. The minimum absolute atomic E-state index is 0.213. The summed E-state index contributed by atoms with van der Waals surface area (Å²) in [5.41, 5.74) is -1.03. The molecule has 0 aromatic heterocycles. The molecule has 6 heteroatoms. The maximum absolute atomic E-state index is 13.1. The normalized spacial score (nSPS) is 15.7. The van der Waals surface area contributed by atoms with Gasteiger partial charge in [-0.3, -0.25) is 4.79 Å². The number of rotatable bonds is 4. The van der Waals surface area contributed by atoms with E-state index in [1.165, 1.54) is 18.2 Å². The standard InChI is InChI=1S/C18H16F3NO2/c1-24-13-8-6-12(7-9-13)17(10-11-17)16(23)22-15-5-3-2-4-14(15)18(19,20)21/h2-9H,10-11H2,1H3,(H,22,23). The Hall–Kier alpha value is -2.50. The van der Waals surface area contributed by atoms with Crippen LogP contribution < -0.4 is 10.1 Å². The number of hydrogen-bond donors (Lipinski definition) is 1. The number of amides is 1. The van der Waals surface area contributed by atoms with Crippen molar-refractivity contribution in [2.75, 3.05) is 12.4 Å². The summed E-state index contributed by atoms with van der Waals surface area (Å²) < 4.78 is 44.2. The third kappa shape index (κ3) is 2.96. The zero-order chi connectivity index (χ0) is 17.4. The summed E-state index contributed by atoms with van der Waals surface area (Å²) in [6, 6.07) is 12.0. The van der Waals surface area contributed by atoms with Crippen LogP contribution in [-0.2, 0) is 16.4 Å². The fourth-order valence-electron chi connectivity index (χ4n) is 2.76. The molecule has 2 aromatic carbocycles. The van der Waals surface area contributed by atoms with Gasteiger partial charge in [-0.1, -0.05) is 24.3 Å². The molecule has 1 saturated carbocycles. The van der Waals surface area contributed by atoms with Crippen LogP contribution in [-0.4, -0.2) is 13.0 Å². The minimum atomic E-state index is -4.51. The first-order chi connectivity index (χ1) is 11.4. The zero-order valence-corrected chi connectivity index (χ0v) is 13.0. The molecular weight excluding hydrogens is 319 g/mol. The van der Waals surface area contributed by atoms with Crippen molar-refractivity contribution in [1.29, 1.82) is 0 Å². The molecule has 0 aliphatic heterocycles. The highest BCUT2D eigenvalue weighted by molar-refractivity contribution is 6.01. The number of para-hydroxylation sites is 1. The molecule has 0 bridgehead atoms. The monoisotopic (exact) mass is 335 g/mol. The number of methoxy groups -OCH3 is 1. The number of ether oxygens (including phenoxy) is 1. The van der Waals surface area contributed by atoms with Crippen LogP contribution in [0, 0.1) is 0 Å². The van der Waals surface area contributed by atoms with Gasteiger partial charge in [-0.15, -0.1) is 0 Å². The van der Waals surface area contributed by atoms with E-state index in [4.69, 9.17) is 4.74 Å². The molecule has 3 nitrogen and oxygen atoms in total. The Morgan fingerprint density at radius 3 is 2.25 bits per heavy atom. The van der Waals surface area contributed by atoms with E-state index in [9.17, 15) is 18.0 Å². The molecule has 0 saturated heterocycles. The van der Waals surface area contributed by atoms with Crippen molar-refractivity contribution >= 4 is 11.6 Å². The van der Waals surface area contributed by atoms with Gasteiger partial charge in [0.2, 0.25) is 5.91 Å². The van der Waals surface area contributed by atoms with Crippen LogP contribution >= 0.6 is 0 Å². The first kappa shape index (κ1) is 16.4. The molecule has 0 radical (unpaired) electrons. The van der Waals surface area contributed by atoms with E-state index in [1.54, 1.807) is 31.4 Å². The van der Waals surface area contributed by atoms with Crippen molar-refractivity contribution in [3.63, 3.8) is 0 Å². The lowest BCUT2D eigenvalue weighted by Crippen LogP contribution is -2.28. The second-order valence-electron chi connectivity index (χ2n) is 5.81. The van der Waals surface area contributed by atoms with Crippen LogP contribution in [0.15, 0.2) is 48.5 Å². The van der Waals surface area contributed by atoms with Gasteiger partial charge in [-0.05, 0) is 42.7 Å². The number of halogens is 3. The highest BCUT2D eigenvalue weighted by atomic mass is 19.4. The Balaban J connectivity index is 1.85. The molecule has 2 aromatic rings. The van der Waals surface area contributed by atoms with Gasteiger partial charge in [0.15, 0.2) is 0 Å². The molecule has 126 valence electrons. The van der Waals surface area contributed by atoms with Crippen LogP contribution in [0.4, 0.5) is 18.9 Å². The quantitative estimate of drug-likeness (QED) is 0.900. The molecule has 24 heavy (non-hydrogen) atoms. The van der Waals surface area contributed by atoms with Gasteiger partial charge in [0.05, 0.1) is 23.8 Å². The molecule has 1 amide bonds. The van der Waals surface area contributed by atoms with Gasteiger partial charge in [0, 0.05) is 0 Å². The van der Waals surface area contributed by atoms with Crippen LogP contribution in [0.25, 0.3) is 0 Å². The number of hydrogen-bond acceptors (Lipinski definition) is 2. The molecule has 1 aliphatic carbocycles. The predicted molar refractivity (Wildman–Crippen MR) is 84.0 cm³/mol. The molecule has 1 N–H and O–H groups in total. The Bertz CT molecular complexity index is 750. The second-order valence-corrected chi connectivity index (χ2v) is 5.81. The third-order valence-electron chi connectivity index (χ3n) is 4.31. The van der Waals surface area contributed by atoms with Crippen molar-refractivity contribution in [2.45, 2.75) is 24.4 Å². The first-order valence-electron chi connectivity index (χ1n) is 7.49. The highest BCUT2D eigenvalue weighted by Gasteiger charge is 2.51. The molecule has 1 aliphatic rings. The predicted octanol–water partition coefficient (Wildman–Crippen LogP) is 4.38. The van der Waals surface area contributed by atoms with Crippen LogP contribution in [0.5, 0.6) is 5.75 Å². The molecule has 0 spiro atoms. The fourth-order valence-corrected chi connectivity index (χ4v) is 2.76. The molecule has 0 unspecified atom stereocenters. The number of benzene rings is 2. The summed E-state index contributed by atoms with van der Waals surface area (Å²) in [5.74, 6) is 0.252. The number of carbonyl (C=O) groups is 1. The summed E-state index contributed by atoms with van der Waals surface area (Å²) in [6.45, 7) is 0. The Morgan fingerprint density at radius 2 is 1.71 bits per heavy atom. The highest BCUT2D eigenvalue weighted by Crippen LogP contribution is 2.49. The van der Waals surface area contributed by atoms with E-state index in [-0.39, 0.29) is 5.69 Å². The fraction of sp³-hybridized carbons (Fsp3) is 0.278. The Morgan fingerprint density at radius 1 is 1.08 bits per heavy atom. The van der Waals surface area contributed by atoms with Gasteiger partial charge in [0.1, 0.15) is 5.75 Å². The number of anilines is 1. The third-order valence-corrected chi connectivity index (χ3v) is 4.31. The first-order valence-corrected chi connectivity index (χ1v) is 7.49. The second kappa shape index (κ2) is 5.85. The van der Waals surface area contributed by atoms with Gasteiger partial charge in [-0.25, -0.2) is 0 Å². The Labute approximate surface area is 137 Å². The number of nitrogens with one attached hydrogen (secondary N) is 1. The van der Waals surface area contributed by atoms with Crippen molar-refractivity contribution in [3.05, 3.63) is 59.7 Å². The largest absolute Gasteiger partial charge is 0.497 e. The van der Waals surface area contributed by atoms with Crippen molar-refractivity contribution in [3.8, 4) is 5.75 Å². The molecule has 0 atom stereocenters. The lowest BCUT2D eigenvalue weighted by atomic mass is 9.94. The van der Waals surface area contributed by atoms with Crippen molar-refractivity contribution in [2.24, 2.45) is 0 Å². The van der Waals surface area contributed by atoms with Gasteiger partial charge in [-0.2, -0.15) is 13.2 Å². The van der Waals surface area contributed by atoms with Crippen LogP contribution in [0.3, 0.4) is 0 Å². The molecule has 0 heterocycles. The van der Waals surface area contributed by atoms with E-state index in [1.807, 2.05) is 0 Å². The van der Waals surface area contributed by atoms with E-state index in [2.05, 4.69) is 5.32 Å². The van der Waals surface area contributed by atoms with E-state index < -0.39 is 23.1 Å². The van der Waals surface area contributed by atoms with Gasteiger partial charge in [0.25, 0.3) is 0 Å². The van der Waals surface area contributed by atoms with E-state index in [0.29, 0.717) is 18.6 Å². The van der Waals surface area contributed by atoms with Crippen LogP contribution in [0.2, 0.25) is 0 Å². The lowest BCUT2D eigenvalue weighted by Gasteiger charge is -2.19. The minimum Gasteiger partial charge on any atom is -0.497 e. The SMILES string of the molecule is COc1ccc(C2(C(=O)Nc3ccccc3C(F)(F)F)CC2)cc1. The summed E-state index contributed by atoms with van der Waals surface area (Å²) >= 11 is 0. The average Bonchev–Trinajstić information content (AvgIpc) is 3.36. The van der Waals surface area contributed by atoms with Crippen molar-refractivity contribution in [1.82, 2.24) is 0 Å². The van der Waals surface area contributed by atoms with E-state index in [0.717, 1.165) is 11.6 Å². The maximum atomic E-state index is 13.1. The summed E-state index contributed by atoms with van der Waals surface area (Å²) in [7, 11) is 1.54. The smallest absolute Gasteiger partial charge is 0.418 e. The van der Waals surface area contributed by atoms with Crippen molar-refractivity contribution < 1.29 is 22.7 Å². The number of alkyl halides is 3. The number of carbonyl (C=O) groups excluding carboxylic acids is 1. The molecule has 3 rings (SSSR count). The molecular formula is C18H16F3NO2. The summed E-state index contributed by atoms with van der Waals surface area (Å²) in [5, 5.41) is 2.46. The lowest BCUT2D eigenvalue weighted by molar-refractivity contribution is -0.137.